The Kier molecular flexibility index (Phi) is 5.01. The summed E-state index contributed by atoms with van der Waals surface area (Å²) < 4.78 is 0. The first-order chi connectivity index (χ1) is 8.99. The maximum Gasteiger partial charge on any atom is 0.326 e. The first kappa shape index (κ1) is 14.6. The minimum absolute atomic E-state index is 0.110. The number of aryl methyl sites for hydroxylation is 1. The van der Waals surface area contributed by atoms with Crippen molar-refractivity contribution in [2.45, 2.75) is 32.7 Å². The molecular weight excluding hydrogens is 246 g/mol. The van der Waals surface area contributed by atoms with Crippen LogP contribution in [0.4, 0.5) is 0 Å². The smallest absolute Gasteiger partial charge is 0.326 e. The number of aliphatic carboxylic acids is 1. The SMILES string of the molecule is CCC[C@H](NC(=O)c1ccc(C#N)c(C)n1)C(=O)O. The number of nitriles is 1. The average Bonchev–Trinajstić information content (AvgIpc) is 2.37. The van der Waals surface area contributed by atoms with Crippen LogP contribution in [0.2, 0.25) is 0 Å². The molecule has 100 valence electrons. The molecule has 0 aromatic carbocycles. The van der Waals surface area contributed by atoms with Crippen LogP contribution < -0.4 is 5.32 Å². The van der Waals surface area contributed by atoms with Crippen molar-refractivity contribution >= 4 is 11.9 Å². The number of amides is 1. The summed E-state index contributed by atoms with van der Waals surface area (Å²) in [6, 6.07) is 3.93. The number of carbonyl (C=O) groups excluding carboxylic acids is 1. The van der Waals surface area contributed by atoms with Gasteiger partial charge in [0.05, 0.1) is 11.3 Å². The van der Waals surface area contributed by atoms with Gasteiger partial charge >= 0.3 is 5.97 Å². The molecule has 0 fully saturated rings. The van der Waals surface area contributed by atoms with E-state index in [0.29, 0.717) is 24.1 Å². The fourth-order valence-corrected chi connectivity index (χ4v) is 1.58. The molecule has 0 unspecified atom stereocenters. The van der Waals surface area contributed by atoms with Crippen LogP contribution in [0, 0.1) is 18.3 Å². The maximum absolute atomic E-state index is 11.9. The summed E-state index contributed by atoms with van der Waals surface area (Å²) in [6.07, 6.45) is 1.01. The number of aromatic nitrogens is 1. The third kappa shape index (κ3) is 3.78. The van der Waals surface area contributed by atoms with E-state index < -0.39 is 17.9 Å². The second kappa shape index (κ2) is 6.50. The third-order valence-corrected chi connectivity index (χ3v) is 2.62. The predicted octanol–water partition coefficient (Wildman–Crippen LogP) is 1.24. The topological polar surface area (TPSA) is 103 Å². The Balaban J connectivity index is 2.86. The highest BCUT2D eigenvalue weighted by atomic mass is 16.4. The van der Waals surface area contributed by atoms with Gasteiger partial charge in [0, 0.05) is 0 Å². The van der Waals surface area contributed by atoms with Crippen LogP contribution >= 0.6 is 0 Å². The number of nitrogens with zero attached hydrogens (tertiary/aromatic N) is 2. The zero-order valence-electron chi connectivity index (χ0n) is 10.8. The molecule has 1 atom stereocenters. The van der Waals surface area contributed by atoms with Crippen LogP contribution in [0.3, 0.4) is 0 Å². The number of rotatable bonds is 5. The summed E-state index contributed by atoms with van der Waals surface area (Å²) in [6.45, 7) is 3.46. The summed E-state index contributed by atoms with van der Waals surface area (Å²) in [5.74, 6) is -1.62. The summed E-state index contributed by atoms with van der Waals surface area (Å²) in [5.41, 5.74) is 0.941. The van der Waals surface area contributed by atoms with Gasteiger partial charge in [-0.2, -0.15) is 5.26 Å². The van der Waals surface area contributed by atoms with Crippen molar-refractivity contribution < 1.29 is 14.7 Å². The van der Waals surface area contributed by atoms with E-state index in [2.05, 4.69) is 10.3 Å². The first-order valence-electron chi connectivity index (χ1n) is 5.91. The van der Waals surface area contributed by atoms with E-state index in [1.807, 2.05) is 13.0 Å². The number of carboxylic acid groups (broad SMARTS) is 1. The molecule has 0 saturated carbocycles. The molecule has 0 radical (unpaired) electrons. The largest absolute Gasteiger partial charge is 0.480 e. The highest BCUT2D eigenvalue weighted by Crippen LogP contribution is 2.06. The third-order valence-electron chi connectivity index (χ3n) is 2.62. The normalized spacial score (nSPS) is 11.4. The lowest BCUT2D eigenvalue weighted by Crippen LogP contribution is -2.41. The van der Waals surface area contributed by atoms with Crippen molar-refractivity contribution in [3.8, 4) is 6.07 Å². The van der Waals surface area contributed by atoms with E-state index in [1.54, 1.807) is 6.92 Å². The lowest BCUT2D eigenvalue weighted by molar-refractivity contribution is -0.139. The molecule has 0 aliphatic carbocycles. The number of pyridine rings is 1. The van der Waals surface area contributed by atoms with Crippen LogP contribution in [-0.2, 0) is 4.79 Å². The van der Waals surface area contributed by atoms with Crippen LogP contribution in [-0.4, -0.2) is 28.0 Å². The number of nitrogens with one attached hydrogen (secondary N) is 1. The van der Waals surface area contributed by atoms with Crippen molar-refractivity contribution in [2.75, 3.05) is 0 Å². The molecule has 6 nitrogen and oxygen atoms in total. The Labute approximate surface area is 111 Å². The summed E-state index contributed by atoms with van der Waals surface area (Å²) in [5, 5.41) is 20.1. The van der Waals surface area contributed by atoms with Crippen LogP contribution in [0.25, 0.3) is 0 Å². The molecule has 1 aromatic heterocycles. The number of carbonyl (C=O) groups is 2. The van der Waals surface area contributed by atoms with Crippen molar-refractivity contribution in [2.24, 2.45) is 0 Å². The van der Waals surface area contributed by atoms with Crippen molar-refractivity contribution in [1.82, 2.24) is 10.3 Å². The molecule has 1 aromatic rings. The highest BCUT2D eigenvalue weighted by molar-refractivity contribution is 5.95. The van der Waals surface area contributed by atoms with Crippen molar-refractivity contribution in [1.29, 1.82) is 5.26 Å². The molecule has 0 aliphatic heterocycles. The summed E-state index contributed by atoms with van der Waals surface area (Å²) >= 11 is 0. The van der Waals surface area contributed by atoms with Gasteiger partial charge < -0.3 is 10.4 Å². The fraction of sp³-hybridized carbons (Fsp3) is 0.385. The zero-order valence-corrected chi connectivity index (χ0v) is 10.8. The zero-order chi connectivity index (χ0) is 14.4. The Morgan fingerprint density at radius 2 is 2.21 bits per heavy atom. The lowest BCUT2D eigenvalue weighted by atomic mass is 10.1. The van der Waals surface area contributed by atoms with Gasteiger partial charge in [-0.1, -0.05) is 13.3 Å². The van der Waals surface area contributed by atoms with Crippen molar-refractivity contribution in [3.05, 3.63) is 29.1 Å². The molecule has 1 amide bonds. The van der Waals surface area contributed by atoms with Gasteiger partial charge in [-0.25, -0.2) is 9.78 Å². The molecule has 0 aliphatic rings. The monoisotopic (exact) mass is 261 g/mol. The van der Waals surface area contributed by atoms with Gasteiger partial charge in [0.25, 0.3) is 5.91 Å². The molecular formula is C13H15N3O3. The summed E-state index contributed by atoms with van der Waals surface area (Å²) in [7, 11) is 0. The fourth-order valence-electron chi connectivity index (χ4n) is 1.58. The molecule has 2 N–H and O–H groups in total. The van der Waals surface area contributed by atoms with Crippen LogP contribution in [0.15, 0.2) is 12.1 Å². The predicted molar refractivity (Wildman–Crippen MR) is 67.5 cm³/mol. The number of hydrogen-bond acceptors (Lipinski definition) is 4. The number of hydrogen-bond donors (Lipinski definition) is 2. The molecule has 1 rings (SSSR count). The van der Waals surface area contributed by atoms with Gasteiger partial charge in [0.2, 0.25) is 0 Å². The second-order valence-corrected chi connectivity index (χ2v) is 4.09. The maximum atomic E-state index is 11.9. The molecule has 6 heteroatoms. The Morgan fingerprint density at radius 1 is 1.53 bits per heavy atom. The van der Waals surface area contributed by atoms with E-state index >= 15 is 0 Å². The van der Waals surface area contributed by atoms with Gasteiger partial charge in [-0.15, -0.1) is 0 Å². The summed E-state index contributed by atoms with van der Waals surface area (Å²) in [4.78, 5) is 26.8. The van der Waals surface area contributed by atoms with Gasteiger partial charge in [0.15, 0.2) is 0 Å². The van der Waals surface area contributed by atoms with E-state index in [4.69, 9.17) is 10.4 Å². The van der Waals surface area contributed by atoms with Crippen LogP contribution in [0.5, 0.6) is 0 Å². The first-order valence-corrected chi connectivity index (χ1v) is 5.91. The quantitative estimate of drug-likeness (QED) is 0.830. The Bertz CT molecular complexity index is 534. The average molecular weight is 261 g/mol. The van der Waals surface area contributed by atoms with Gasteiger partial charge in [-0.3, -0.25) is 4.79 Å². The van der Waals surface area contributed by atoms with E-state index in [0.717, 1.165) is 0 Å². The minimum atomic E-state index is -1.07. The molecule has 19 heavy (non-hydrogen) atoms. The second-order valence-electron chi connectivity index (χ2n) is 4.09. The van der Waals surface area contributed by atoms with Gasteiger partial charge in [0.1, 0.15) is 17.8 Å². The Morgan fingerprint density at radius 3 is 2.68 bits per heavy atom. The van der Waals surface area contributed by atoms with Gasteiger partial charge in [-0.05, 0) is 25.5 Å². The number of carboxylic acids is 1. The van der Waals surface area contributed by atoms with Crippen LogP contribution in [0.1, 0.15) is 41.5 Å². The highest BCUT2D eigenvalue weighted by Gasteiger charge is 2.20. The van der Waals surface area contributed by atoms with Crippen molar-refractivity contribution in [3.63, 3.8) is 0 Å². The van der Waals surface area contributed by atoms with E-state index in [-0.39, 0.29) is 5.69 Å². The van der Waals surface area contributed by atoms with E-state index in [1.165, 1.54) is 12.1 Å². The standard InChI is InChI=1S/C13H15N3O3/c1-3-4-11(13(18)19)16-12(17)10-6-5-9(7-14)8(2)15-10/h5-6,11H,3-4H2,1-2H3,(H,16,17)(H,18,19)/t11-/m0/s1. The molecule has 1 heterocycles. The minimum Gasteiger partial charge on any atom is -0.480 e. The lowest BCUT2D eigenvalue weighted by Gasteiger charge is -2.13. The molecule has 0 bridgehead atoms. The van der Waals surface area contributed by atoms with E-state index in [9.17, 15) is 9.59 Å². The molecule has 0 saturated heterocycles. The Hall–Kier alpha value is -2.42. The molecule has 0 spiro atoms.